The fourth-order valence-electron chi connectivity index (χ4n) is 4.13. The largest absolute Gasteiger partial charge is 0.481 e. The van der Waals surface area contributed by atoms with Gasteiger partial charge in [0.25, 0.3) is 11.8 Å². The summed E-state index contributed by atoms with van der Waals surface area (Å²) in [5.41, 5.74) is -3.25. The summed E-state index contributed by atoms with van der Waals surface area (Å²) < 4.78 is 105. The summed E-state index contributed by atoms with van der Waals surface area (Å²) in [5, 5.41) is 11.1. The van der Waals surface area contributed by atoms with Gasteiger partial charge < -0.3 is 15.2 Å². The molecule has 1 aliphatic rings. The van der Waals surface area contributed by atoms with Crippen LogP contribution in [0.4, 0.5) is 36.4 Å². The van der Waals surface area contributed by atoms with Crippen LogP contribution < -0.4 is 10.1 Å². The van der Waals surface area contributed by atoms with Crippen molar-refractivity contribution in [2.24, 2.45) is 5.92 Å². The minimum Gasteiger partial charge on any atom is -0.481 e. The summed E-state index contributed by atoms with van der Waals surface area (Å²) in [6.07, 6.45) is -3.86. The molecule has 0 bridgehead atoms. The van der Waals surface area contributed by atoms with Crippen LogP contribution in [0.3, 0.4) is 0 Å². The van der Waals surface area contributed by atoms with Gasteiger partial charge in [-0.25, -0.2) is 17.6 Å². The SMILES string of the molecule is Cc1cc(F)ccc1Oc1cc(C2CC2)c(C(F)(F)F)cc1C(=O)Nc1ccc(F)c(C(F)(F)C(C)C(=O)O)c1. The predicted molar refractivity (Wildman–Crippen MR) is 130 cm³/mol. The molecule has 1 unspecified atom stereocenters. The summed E-state index contributed by atoms with van der Waals surface area (Å²) in [7, 11) is 0. The van der Waals surface area contributed by atoms with Crippen LogP contribution in [0.15, 0.2) is 48.5 Å². The summed E-state index contributed by atoms with van der Waals surface area (Å²) in [5.74, 6) is -12.3. The number of aliphatic carboxylic acids is 1. The molecule has 0 aliphatic heterocycles. The quantitative estimate of drug-likeness (QED) is 0.270. The Labute approximate surface area is 223 Å². The summed E-state index contributed by atoms with van der Waals surface area (Å²) in [6, 6.07) is 7.07. The molecule has 0 spiro atoms. The highest BCUT2D eigenvalue weighted by atomic mass is 19.4. The average Bonchev–Trinajstić information content (AvgIpc) is 3.70. The van der Waals surface area contributed by atoms with Gasteiger partial charge in [-0.05, 0) is 92.3 Å². The molecular formula is C28H22F7NO4. The lowest BCUT2D eigenvalue weighted by Gasteiger charge is -2.22. The van der Waals surface area contributed by atoms with Crippen LogP contribution in [-0.2, 0) is 16.9 Å². The topological polar surface area (TPSA) is 75.6 Å². The van der Waals surface area contributed by atoms with E-state index in [1.165, 1.54) is 13.0 Å². The van der Waals surface area contributed by atoms with Gasteiger partial charge in [0.15, 0.2) is 0 Å². The van der Waals surface area contributed by atoms with E-state index in [4.69, 9.17) is 9.84 Å². The first-order valence-corrected chi connectivity index (χ1v) is 12.0. The van der Waals surface area contributed by atoms with Gasteiger partial charge in [-0.1, -0.05) is 0 Å². The van der Waals surface area contributed by atoms with E-state index >= 15 is 0 Å². The molecule has 212 valence electrons. The maximum atomic E-state index is 14.7. The molecule has 5 nitrogen and oxygen atoms in total. The van der Waals surface area contributed by atoms with Gasteiger partial charge in [0.05, 0.1) is 16.7 Å². The van der Waals surface area contributed by atoms with E-state index in [1.54, 1.807) is 0 Å². The third-order valence-corrected chi connectivity index (χ3v) is 6.57. The van der Waals surface area contributed by atoms with E-state index in [-0.39, 0.29) is 22.6 Å². The second-order valence-corrected chi connectivity index (χ2v) is 9.55. The van der Waals surface area contributed by atoms with Gasteiger partial charge >= 0.3 is 12.1 Å². The van der Waals surface area contributed by atoms with Gasteiger partial charge in [0.1, 0.15) is 29.1 Å². The molecule has 1 fully saturated rings. The molecule has 0 aromatic heterocycles. The first-order valence-electron chi connectivity index (χ1n) is 12.0. The van der Waals surface area contributed by atoms with Crippen molar-refractivity contribution >= 4 is 17.6 Å². The van der Waals surface area contributed by atoms with Gasteiger partial charge in [0.2, 0.25) is 0 Å². The number of halogens is 7. The number of aryl methyl sites for hydroxylation is 1. The fraction of sp³-hybridized carbons (Fsp3) is 0.286. The molecule has 0 heterocycles. The maximum absolute atomic E-state index is 14.7. The second-order valence-electron chi connectivity index (χ2n) is 9.55. The number of anilines is 1. The molecule has 4 rings (SSSR count). The van der Waals surface area contributed by atoms with Crippen LogP contribution in [-0.4, -0.2) is 17.0 Å². The third-order valence-electron chi connectivity index (χ3n) is 6.57. The van der Waals surface area contributed by atoms with E-state index in [9.17, 15) is 40.3 Å². The van der Waals surface area contributed by atoms with E-state index in [2.05, 4.69) is 5.32 Å². The van der Waals surface area contributed by atoms with E-state index in [1.807, 2.05) is 0 Å². The van der Waals surface area contributed by atoms with Crippen LogP contribution in [0.1, 0.15) is 58.3 Å². The Morgan fingerprint density at radius 2 is 1.62 bits per heavy atom. The van der Waals surface area contributed by atoms with Crippen molar-refractivity contribution in [1.29, 1.82) is 0 Å². The minimum absolute atomic E-state index is 0.0586. The number of carboxylic acids is 1. The number of ether oxygens (including phenoxy) is 1. The third kappa shape index (κ3) is 5.90. The highest BCUT2D eigenvalue weighted by Crippen LogP contribution is 2.48. The van der Waals surface area contributed by atoms with Crippen LogP contribution in [0, 0.1) is 24.5 Å². The van der Waals surface area contributed by atoms with Crippen LogP contribution in [0.25, 0.3) is 0 Å². The molecule has 3 aromatic carbocycles. The zero-order chi connectivity index (χ0) is 29.6. The molecule has 0 saturated heterocycles. The fourth-order valence-corrected chi connectivity index (χ4v) is 4.13. The molecule has 0 radical (unpaired) electrons. The summed E-state index contributed by atoms with van der Waals surface area (Å²) in [6.45, 7) is 2.16. The number of hydrogen-bond acceptors (Lipinski definition) is 3. The number of nitrogens with one attached hydrogen (secondary N) is 1. The smallest absolute Gasteiger partial charge is 0.416 e. The molecular weight excluding hydrogens is 547 g/mol. The van der Waals surface area contributed by atoms with Crippen molar-refractivity contribution < 1.29 is 50.2 Å². The van der Waals surface area contributed by atoms with Gasteiger partial charge in [-0.3, -0.25) is 9.59 Å². The van der Waals surface area contributed by atoms with Gasteiger partial charge in [-0.15, -0.1) is 0 Å². The van der Waals surface area contributed by atoms with Crippen molar-refractivity contribution in [1.82, 2.24) is 0 Å². The Balaban J connectivity index is 1.78. The molecule has 1 atom stereocenters. The van der Waals surface area contributed by atoms with Crippen LogP contribution in [0.2, 0.25) is 0 Å². The number of alkyl halides is 5. The zero-order valence-corrected chi connectivity index (χ0v) is 21.0. The first kappa shape index (κ1) is 28.9. The van der Waals surface area contributed by atoms with Crippen molar-refractivity contribution in [3.05, 3.63) is 88.0 Å². The molecule has 1 aliphatic carbocycles. The van der Waals surface area contributed by atoms with E-state index < -0.39 is 69.8 Å². The average molecular weight is 569 g/mol. The second kappa shape index (κ2) is 10.5. The standard InChI is InChI=1S/C28H22F7NO4/c1-13-9-16(29)5-8-23(13)40-24-12-18(15-3-4-15)20(28(33,34)35)11-19(24)25(37)36-17-6-7-22(30)21(10-17)27(31,32)14(2)26(38)39/h5-12,14-15H,3-4H2,1-2H3,(H,36,37)(H,38,39). The molecule has 1 saturated carbocycles. The Bertz CT molecular complexity index is 1480. The number of hydrogen-bond donors (Lipinski definition) is 2. The molecule has 40 heavy (non-hydrogen) atoms. The Morgan fingerprint density at radius 1 is 0.950 bits per heavy atom. The van der Waals surface area contributed by atoms with Crippen molar-refractivity contribution in [2.75, 3.05) is 5.32 Å². The number of benzene rings is 3. The van der Waals surface area contributed by atoms with Gasteiger partial charge in [-0.2, -0.15) is 13.2 Å². The van der Waals surface area contributed by atoms with E-state index in [0.717, 1.165) is 24.3 Å². The lowest BCUT2D eigenvalue weighted by molar-refractivity contribution is -0.157. The number of carbonyl (C=O) groups excluding carboxylic acids is 1. The number of carbonyl (C=O) groups is 2. The van der Waals surface area contributed by atoms with Crippen LogP contribution >= 0.6 is 0 Å². The minimum atomic E-state index is -4.84. The first-order chi connectivity index (χ1) is 18.6. The lowest BCUT2D eigenvalue weighted by Crippen LogP contribution is -2.31. The monoisotopic (exact) mass is 569 g/mol. The maximum Gasteiger partial charge on any atom is 0.416 e. The Morgan fingerprint density at radius 3 is 2.20 bits per heavy atom. The zero-order valence-electron chi connectivity index (χ0n) is 21.0. The van der Waals surface area contributed by atoms with Crippen LogP contribution in [0.5, 0.6) is 11.5 Å². The Kier molecular flexibility index (Phi) is 7.57. The highest BCUT2D eigenvalue weighted by Gasteiger charge is 2.45. The predicted octanol–water partition coefficient (Wildman–Crippen LogP) is 8.03. The number of rotatable bonds is 8. The Hall–Kier alpha value is -4.09. The summed E-state index contributed by atoms with van der Waals surface area (Å²) in [4.78, 5) is 24.3. The molecule has 1 amide bonds. The van der Waals surface area contributed by atoms with Crippen molar-refractivity contribution in [2.45, 2.75) is 44.7 Å². The molecule has 2 N–H and O–H groups in total. The van der Waals surface area contributed by atoms with Gasteiger partial charge in [0, 0.05) is 5.69 Å². The molecule has 12 heteroatoms. The lowest BCUT2D eigenvalue weighted by atomic mass is 9.95. The van der Waals surface area contributed by atoms with E-state index in [0.29, 0.717) is 38.0 Å². The molecule has 3 aromatic rings. The summed E-state index contributed by atoms with van der Waals surface area (Å²) >= 11 is 0. The normalized spacial score (nSPS) is 14.5. The van der Waals surface area contributed by atoms with Crippen molar-refractivity contribution in [3.63, 3.8) is 0 Å². The highest BCUT2D eigenvalue weighted by molar-refractivity contribution is 6.06. The number of carboxylic acid groups (broad SMARTS) is 1. The van der Waals surface area contributed by atoms with Crippen molar-refractivity contribution in [3.8, 4) is 11.5 Å². The number of amides is 1.